The molecule has 0 radical (unpaired) electrons. The van der Waals surface area contributed by atoms with E-state index in [4.69, 9.17) is 20.7 Å². The second-order valence-electron chi connectivity index (χ2n) is 4.63. The van der Waals surface area contributed by atoms with Crippen molar-refractivity contribution in [2.45, 2.75) is 30.8 Å². The van der Waals surface area contributed by atoms with Gasteiger partial charge in [0.25, 0.3) is 0 Å². The predicted octanol–water partition coefficient (Wildman–Crippen LogP) is -1.04. The van der Waals surface area contributed by atoms with E-state index in [1.54, 1.807) is 0 Å². The second-order valence-corrected chi connectivity index (χ2v) is 4.63. The van der Waals surface area contributed by atoms with Gasteiger partial charge in [0.05, 0.1) is 6.04 Å². The Morgan fingerprint density at radius 1 is 1.25 bits per heavy atom. The van der Waals surface area contributed by atoms with Crippen molar-refractivity contribution in [2.24, 2.45) is 5.73 Å². The van der Waals surface area contributed by atoms with E-state index in [0.717, 1.165) is 11.1 Å². The maximum Gasteiger partial charge on any atom is 0.338 e. The molecule has 2 rings (SSSR count). The zero-order chi connectivity index (χ0) is 14.9. The summed E-state index contributed by atoms with van der Waals surface area (Å²) in [6, 6.07) is 6.77. The number of fused-ring (bicyclic) bond motifs is 1. The van der Waals surface area contributed by atoms with Crippen LogP contribution in [0.5, 0.6) is 0 Å². The average molecular weight is 281 g/mol. The molecule has 7 nitrogen and oxygen atoms in total. The summed E-state index contributed by atoms with van der Waals surface area (Å²) in [6.45, 7) is 0. The molecule has 0 spiro atoms. The van der Waals surface area contributed by atoms with Crippen molar-refractivity contribution in [1.29, 1.82) is 0 Å². The minimum absolute atomic E-state index is 0.388. The molecule has 1 aromatic rings. The highest BCUT2D eigenvalue weighted by Crippen LogP contribution is 2.31. The monoisotopic (exact) mass is 281 g/mol. The number of hydrogen-bond acceptors (Lipinski definition) is 6. The molecule has 0 fully saturated rings. The third-order valence-electron chi connectivity index (χ3n) is 3.30. The highest BCUT2D eigenvalue weighted by molar-refractivity contribution is 5.84. The van der Waals surface area contributed by atoms with Crippen LogP contribution in [0.15, 0.2) is 24.3 Å². The Morgan fingerprint density at radius 3 is 2.50 bits per heavy atom. The van der Waals surface area contributed by atoms with Crippen molar-refractivity contribution in [2.75, 3.05) is 0 Å². The van der Waals surface area contributed by atoms with Crippen LogP contribution < -0.4 is 5.73 Å². The molecule has 7 heteroatoms. The molecule has 0 heterocycles. The minimum Gasteiger partial charge on any atom is -0.479 e. The number of esters is 1. The van der Waals surface area contributed by atoms with Gasteiger partial charge in [-0.05, 0) is 11.1 Å². The van der Waals surface area contributed by atoms with Gasteiger partial charge in [0.2, 0.25) is 0 Å². The van der Waals surface area contributed by atoms with Crippen molar-refractivity contribution < 1.29 is 29.6 Å². The summed E-state index contributed by atoms with van der Waals surface area (Å²) in [6.07, 6.45) is -4.65. The predicted molar refractivity (Wildman–Crippen MR) is 66.6 cm³/mol. The van der Waals surface area contributed by atoms with Crippen LogP contribution in [0.25, 0.3) is 0 Å². The molecule has 0 bridgehead atoms. The lowest BCUT2D eigenvalue weighted by Crippen LogP contribution is -2.43. The SMILES string of the molecule is NC1c2ccccc2C[C@H]1OC(=O)[C@H](O)C(O)C(=O)O. The number of rotatable bonds is 4. The maximum absolute atomic E-state index is 11.6. The highest BCUT2D eigenvalue weighted by Gasteiger charge is 2.37. The normalized spacial score (nSPS) is 23.8. The fourth-order valence-electron chi connectivity index (χ4n) is 2.19. The molecule has 1 aliphatic carbocycles. The first-order valence-electron chi connectivity index (χ1n) is 6.04. The third-order valence-corrected chi connectivity index (χ3v) is 3.30. The summed E-state index contributed by atoms with van der Waals surface area (Å²) in [5.41, 5.74) is 7.72. The van der Waals surface area contributed by atoms with E-state index >= 15 is 0 Å². The molecular weight excluding hydrogens is 266 g/mol. The number of carboxylic acid groups (broad SMARTS) is 1. The summed E-state index contributed by atoms with van der Waals surface area (Å²) in [7, 11) is 0. The minimum atomic E-state index is -2.22. The van der Waals surface area contributed by atoms with E-state index in [0.29, 0.717) is 6.42 Å². The standard InChI is InChI=1S/C13H15NO6/c14-9-7-4-2-1-3-6(7)5-8(9)20-13(19)11(16)10(15)12(17)18/h1-4,8-11,15-16H,5,14H2,(H,17,18)/t8-,9?,10?,11-/m1/s1. The summed E-state index contributed by atoms with van der Waals surface area (Å²) in [5, 5.41) is 27.0. The van der Waals surface area contributed by atoms with Crippen molar-refractivity contribution in [3.63, 3.8) is 0 Å². The van der Waals surface area contributed by atoms with Crippen molar-refractivity contribution in [3.8, 4) is 0 Å². The van der Waals surface area contributed by atoms with E-state index in [2.05, 4.69) is 0 Å². The molecule has 20 heavy (non-hydrogen) atoms. The second kappa shape index (κ2) is 5.58. The van der Waals surface area contributed by atoms with Crippen LogP contribution in [0.4, 0.5) is 0 Å². The van der Waals surface area contributed by atoms with Gasteiger partial charge < -0.3 is 25.8 Å². The lowest BCUT2D eigenvalue weighted by atomic mass is 10.1. The first kappa shape index (κ1) is 14.4. The number of carbonyl (C=O) groups is 2. The fourth-order valence-corrected chi connectivity index (χ4v) is 2.19. The molecule has 0 saturated heterocycles. The summed E-state index contributed by atoms with van der Waals surface area (Å²) < 4.78 is 5.00. The number of aliphatic hydroxyl groups is 2. The molecule has 5 N–H and O–H groups in total. The quantitative estimate of drug-likeness (QED) is 0.518. The number of aliphatic hydroxyl groups excluding tert-OH is 2. The van der Waals surface area contributed by atoms with Gasteiger partial charge in [0.15, 0.2) is 12.2 Å². The van der Waals surface area contributed by atoms with Gasteiger partial charge in [-0.25, -0.2) is 9.59 Å². The summed E-state index contributed by atoms with van der Waals surface area (Å²) in [4.78, 5) is 22.1. The number of aliphatic carboxylic acids is 1. The van der Waals surface area contributed by atoms with E-state index in [1.807, 2.05) is 24.3 Å². The van der Waals surface area contributed by atoms with Crippen LogP contribution in [0.2, 0.25) is 0 Å². The lowest BCUT2D eigenvalue weighted by Gasteiger charge is -2.20. The van der Waals surface area contributed by atoms with Crippen molar-refractivity contribution in [1.82, 2.24) is 0 Å². The number of carbonyl (C=O) groups excluding carboxylic acids is 1. The van der Waals surface area contributed by atoms with Gasteiger partial charge in [-0.15, -0.1) is 0 Å². The van der Waals surface area contributed by atoms with E-state index in [9.17, 15) is 14.7 Å². The van der Waals surface area contributed by atoms with Crippen molar-refractivity contribution >= 4 is 11.9 Å². The molecule has 4 atom stereocenters. The topological polar surface area (TPSA) is 130 Å². The molecule has 0 aliphatic heterocycles. The van der Waals surface area contributed by atoms with Crippen LogP contribution in [-0.2, 0) is 20.7 Å². The lowest BCUT2D eigenvalue weighted by molar-refractivity contribution is -0.173. The van der Waals surface area contributed by atoms with Gasteiger partial charge in [0, 0.05) is 6.42 Å². The van der Waals surface area contributed by atoms with Crippen LogP contribution in [0.3, 0.4) is 0 Å². The molecule has 0 amide bonds. The van der Waals surface area contributed by atoms with E-state index in [-0.39, 0.29) is 0 Å². The largest absolute Gasteiger partial charge is 0.479 e. The number of nitrogens with two attached hydrogens (primary N) is 1. The average Bonchev–Trinajstić information content (AvgIpc) is 2.74. The van der Waals surface area contributed by atoms with Crippen LogP contribution in [0.1, 0.15) is 17.2 Å². The zero-order valence-corrected chi connectivity index (χ0v) is 10.5. The van der Waals surface area contributed by atoms with Gasteiger partial charge in [-0.2, -0.15) is 0 Å². The van der Waals surface area contributed by atoms with Gasteiger partial charge in [-0.3, -0.25) is 0 Å². The molecule has 0 saturated carbocycles. The number of ether oxygens (including phenoxy) is 1. The zero-order valence-electron chi connectivity index (χ0n) is 10.5. The molecular formula is C13H15NO6. The summed E-state index contributed by atoms with van der Waals surface area (Å²) in [5.74, 6) is -2.90. The summed E-state index contributed by atoms with van der Waals surface area (Å²) >= 11 is 0. The Morgan fingerprint density at radius 2 is 1.90 bits per heavy atom. The van der Waals surface area contributed by atoms with Crippen LogP contribution in [0, 0.1) is 0 Å². The molecule has 2 unspecified atom stereocenters. The van der Waals surface area contributed by atoms with Crippen LogP contribution >= 0.6 is 0 Å². The number of hydrogen-bond donors (Lipinski definition) is 4. The van der Waals surface area contributed by atoms with E-state index in [1.165, 1.54) is 0 Å². The van der Waals surface area contributed by atoms with Crippen molar-refractivity contribution in [3.05, 3.63) is 35.4 Å². The number of benzene rings is 1. The van der Waals surface area contributed by atoms with Gasteiger partial charge in [-0.1, -0.05) is 24.3 Å². The highest BCUT2D eigenvalue weighted by atomic mass is 16.6. The Bertz CT molecular complexity index is 531. The maximum atomic E-state index is 11.6. The van der Waals surface area contributed by atoms with E-state index < -0.39 is 36.3 Å². The smallest absolute Gasteiger partial charge is 0.338 e. The Hall–Kier alpha value is -1.96. The first-order valence-corrected chi connectivity index (χ1v) is 6.04. The molecule has 108 valence electrons. The molecule has 1 aromatic carbocycles. The Labute approximate surface area is 114 Å². The number of carboxylic acids is 1. The Kier molecular flexibility index (Phi) is 4.03. The van der Waals surface area contributed by atoms with Gasteiger partial charge >= 0.3 is 11.9 Å². The first-order chi connectivity index (χ1) is 9.41. The third kappa shape index (κ3) is 2.64. The molecule has 1 aliphatic rings. The fraction of sp³-hybridized carbons (Fsp3) is 0.385. The van der Waals surface area contributed by atoms with Crippen LogP contribution in [-0.4, -0.2) is 45.6 Å². The van der Waals surface area contributed by atoms with Gasteiger partial charge in [0.1, 0.15) is 6.10 Å². The Balaban J connectivity index is 2.02. The molecule has 0 aromatic heterocycles.